The van der Waals surface area contributed by atoms with Gasteiger partial charge in [-0.1, -0.05) is 49.8 Å². The standard InChI is InChI=1S/C22H26O2/c1-3-4-5-6-20-17-11-13-18-9-7-16(15-21(18)23)8-10-19(14-12-17)22(20)24-2/h5-7,9,12,14-15,23H,3-4,8,10-11,13H2,1-2H3/b6-5-. The molecular weight excluding hydrogens is 296 g/mol. The smallest absolute Gasteiger partial charge is 0.129 e. The van der Waals surface area contributed by atoms with Gasteiger partial charge in [0.05, 0.1) is 7.11 Å². The number of rotatable bonds is 4. The monoisotopic (exact) mass is 322 g/mol. The van der Waals surface area contributed by atoms with Crippen molar-refractivity contribution in [2.45, 2.75) is 45.4 Å². The first-order valence-corrected chi connectivity index (χ1v) is 8.89. The predicted octanol–water partition coefficient (Wildman–Crippen LogP) is 5.10. The molecule has 0 atom stereocenters. The van der Waals surface area contributed by atoms with Crippen molar-refractivity contribution in [3.8, 4) is 11.5 Å². The summed E-state index contributed by atoms with van der Waals surface area (Å²) < 4.78 is 5.79. The lowest BCUT2D eigenvalue weighted by Gasteiger charge is -2.18. The molecule has 2 aromatic rings. The van der Waals surface area contributed by atoms with Gasteiger partial charge in [0.2, 0.25) is 0 Å². The van der Waals surface area contributed by atoms with E-state index in [0.29, 0.717) is 5.75 Å². The molecule has 0 fully saturated rings. The number of benzene rings is 2. The van der Waals surface area contributed by atoms with E-state index in [1.165, 1.54) is 22.3 Å². The third kappa shape index (κ3) is 3.48. The summed E-state index contributed by atoms with van der Waals surface area (Å²) in [6.45, 7) is 2.19. The van der Waals surface area contributed by atoms with Gasteiger partial charge in [0, 0.05) is 5.56 Å². The molecule has 0 amide bonds. The Bertz CT molecular complexity index is 744. The lowest BCUT2D eigenvalue weighted by atomic mass is 9.91. The highest BCUT2D eigenvalue weighted by molar-refractivity contribution is 5.64. The number of unbranched alkanes of at least 4 members (excludes halogenated alkanes) is 1. The second-order valence-corrected chi connectivity index (χ2v) is 6.48. The maximum atomic E-state index is 10.3. The average Bonchev–Trinajstić information content (AvgIpc) is 2.58. The third-order valence-electron chi connectivity index (χ3n) is 4.81. The summed E-state index contributed by atoms with van der Waals surface area (Å²) in [5.74, 6) is 1.44. The summed E-state index contributed by atoms with van der Waals surface area (Å²) in [5, 5.41) is 10.3. The highest BCUT2D eigenvalue weighted by Crippen LogP contribution is 2.33. The van der Waals surface area contributed by atoms with Crippen LogP contribution in [0.5, 0.6) is 11.5 Å². The summed E-state index contributed by atoms with van der Waals surface area (Å²) in [6, 6.07) is 10.6. The Hall–Kier alpha value is -2.22. The van der Waals surface area contributed by atoms with Gasteiger partial charge in [-0.15, -0.1) is 0 Å². The number of aromatic hydroxyl groups is 1. The summed E-state index contributed by atoms with van der Waals surface area (Å²) in [7, 11) is 1.77. The molecule has 24 heavy (non-hydrogen) atoms. The molecule has 4 bridgehead atoms. The van der Waals surface area contributed by atoms with Crippen LogP contribution in [-0.2, 0) is 25.7 Å². The number of ether oxygens (including phenoxy) is 1. The van der Waals surface area contributed by atoms with Crippen molar-refractivity contribution in [1.82, 2.24) is 0 Å². The Morgan fingerprint density at radius 3 is 2.46 bits per heavy atom. The molecule has 1 N–H and O–H groups in total. The van der Waals surface area contributed by atoms with E-state index < -0.39 is 0 Å². The minimum atomic E-state index is 0.428. The SMILES string of the molecule is CCC/C=C\c1c2ccc(c1OC)CCc1ccc(c(O)c1)CC2. The van der Waals surface area contributed by atoms with E-state index in [1.54, 1.807) is 7.11 Å². The first-order valence-electron chi connectivity index (χ1n) is 8.89. The lowest BCUT2D eigenvalue weighted by molar-refractivity contribution is 0.408. The van der Waals surface area contributed by atoms with Gasteiger partial charge in [0.25, 0.3) is 0 Å². The average molecular weight is 322 g/mol. The number of phenols is 1. The molecule has 2 nitrogen and oxygen atoms in total. The summed E-state index contributed by atoms with van der Waals surface area (Å²) in [5.41, 5.74) is 5.92. The predicted molar refractivity (Wildman–Crippen MR) is 99.9 cm³/mol. The zero-order valence-electron chi connectivity index (χ0n) is 14.6. The molecule has 0 aromatic heterocycles. The Kier molecular flexibility index (Phi) is 5.24. The van der Waals surface area contributed by atoms with Crippen LogP contribution < -0.4 is 4.74 Å². The zero-order valence-corrected chi connectivity index (χ0v) is 14.6. The Morgan fingerprint density at radius 2 is 1.71 bits per heavy atom. The molecular formula is C22H26O2. The van der Waals surface area contributed by atoms with Crippen molar-refractivity contribution in [3.05, 3.63) is 64.2 Å². The number of allylic oxidation sites excluding steroid dienone is 1. The van der Waals surface area contributed by atoms with Crippen LogP contribution in [0.4, 0.5) is 0 Å². The van der Waals surface area contributed by atoms with Crippen molar-refractivity contribution < 1.29 is 9.84 Å². The lowest BCUT2D eigenvalue weighted by Crippen LogP contribution is -2.04. The van der Waals surface area contributed by atoms with Crippen molar-refractivity contribution in [2.75, 3.05) is 7.11 Å². The molecule has 0 saturated heterocycles. The molecule has 6 rings (SSSR count). The van der Waals surface area contributed by atoms with Gasteiger partial charge in [-0.25, -0.2) is 0 Å². The molecule has 0 unspecified atom stereocenters. The van der Waals surface area contributed by atoms with Gasteiger partial charge < -0.3 is 9.84 Å². The Morgan fingerprint density at radius 1 is 1.00 bits per heavy atom. The topological polar surface area (TPSA) is 29.5 Å². The van der Waals surface area contributed by atoms with Crippen LogP contribution in [0.2, 0.25) is 0 Å². The summed E-state index contributed by atoms with van der Waals surface area (Å²) in [6.07, 6.45) is 10.2. The largest absolute Gasteiger partial charge is 0.508 e. The highest BCUT2D eigenvalue weighted by atomic mass is 16.5. The molecule has 4 aliphatic rings. The van der Waals surface area contributed by atoms with Crippen LogP contribution in [0.15, 0.2) is 36.4 Å². The molecule has 126 valence electrons. The van der Waals surface area contributed by atoms with Crippen molar-refractivity contribution in [3.63, 3.8) is 0 Å². The second kappa shape index (κ2) is 7.57. The molecule has 2 aromatic carbocycles. The van der Waals surface area contributed by atoms with Gasteiger partial charge in [0.1, 0.15) is 11.5 Å². The number of hydrogen-bond acceptors (Lipinski definition) is 2. The maximum absolute atomic E-state index is 10.3. The van der Waals surface area contributed by atoms with Crippen LogP contribution in [-0.4, -0.2) is 12.2 Å². The van der Waals surface area contributed by atoms with Crippen molar-refractivity contribution in [1.29, 1.82) is 0 Å². The van der Waals surface area contributed by atoms with E-state index in [9.17, 15) is 5.11 Å². The minimum Gasteiger partial charge on any atom is -0.508 e. The first-order chi connectivity index (χ1) is 11.7. The second-order valence-electron chi connectivity index (χ2n) is 6.48. The Labute approximate surface area is 144 Å². The van der Waals surface area contributed by atoms with Gasteiger partial charge in [0.15, 0.2) is 0 Å². The number of phenolic OH excluding ortho intramolecular Hbond substituents is 1. The molecule has 0 heterocycles. The van der Waals surface area contributed by atoms with E-state index in [-0.39, 0.29) is 0 Å². The maximum Gasteiger partial charge on any atom is 0.129 e. The van der Waals surface area contributed by atoms with Gasteiger partial charge in [-0.3, -0.25) is 0 Å². The van der Waals surface area contributed by atoms with E-state index >= 15 is 0 Å². The van der Waals surface area contributed by atoms with E-state index in [4.69, 9.17) is 4.74 Å². The molecule has 4 aliphatic carbocycles. The van der Waals surface area contributed by atoms with E-state index in [1.807, 2.05) is 6.07 Å². The first kappa shape index (κ1) is 16.6. The van der Waals surface area contributed by atoms with E-state index in [0.717, 1.165) is 49.8 Å². The fourth-order valence-electron chi connectivity index (χ4n) is 3.42. The zero-order chi connectivity index (χ0) is 16.9. The van der Waals surface area contributed by atoms with Gasteiger partial charge >= 0.3 is 0 Å². The Balaban J connectivity index is 2.05. The van der Waals surface area contributed by atoms with Crippen LogP contribution in [0.1, 0.15) is 47.6 Å². The molecule has 0 radical (unpaired) electrons. The number of methoxy groups -OCH3 is 1. The summed E-state index contributed by atoms with van der Waals surface area (Å²) in [4.78, 5) is 0. The highest BCUT2D eigenvalue weighted by Gasteiger charge is 2.15. The third-order valence-corrected chi connectivity index (χ3v) is 4.81. The fourth-order valence-corrected chi connectivity index (χ4v) is 3.42. The van der Waals surface area contributed by atoms with Gasteiger partial charge in [-0.2, -0.15) is 0 Å². The minimum absolute atomic E-state index is 0.428. The molecule has 0 spiro atoms. The molecule has 2 heteroatoms. The number of hydrogen-bond donors (Lipinski definition) is 1. The van der Waals surface area contributed by atoms with Crippen LogP contribution >= 0.6 is 0 Å². The fraction of sp³-hybridized carbons (Fsp3) is 0.364. The van der Waals surface area contributed by atoms with E-state index in [2.05, 4.69) is 43.3 Å². The van der Waals surface area contributed by atoms with Crippen LogP contribution in [0.25, 0.3) is 6.08 Å². The van der Waals surface area contributed by atoms with Gasteiger partial charge in [-0.05, 0) is 60.4 Å². The van der Waals surface area contributed by atoms with Crippen LogP contribution in [0, 0.1) is 0 Å². The van der Waals surface area contributed by atoms with Crippen molar-refractivity contribution in [2.24, 2.45) is 0 Å². The quantitative estimate of drug-likeness (QED) is 0.849. The summed E-state index contributed by atoms with van der Waals surface area (Å²) >= 11 is 0. The van der Waals surface area contributed by atoms with Crippen LogP contribution in [0.3, 0.4) is 0 Å². The number of aryl methyl sites for hydroxylation is 4. The van der Waals surface area contributed by atoms with Crippen molar-refractivity contribution >= 4 is 6.08 Å². The normalized spacial score (nSPS) is 13.9. The molecule has 0 aliphatic heterocycles. The molecule has 0 saturated carbocycles.